The van der Waals surface area contributed by atoms with E-state index in [0.717, 1.165) is 19.6 Å². The van der Waals surface area contributed by atoms with Crippen molar-refractivity contribution in [1.29, 1.82) is 0 Å². The molecule has 6 nitrogen and oxygen atoms in total. The van der Waals surface area contributed by atoms with Crippen LogP contribution in [0.25, 0.3) is 0 Å². The van der Waals surface area contributed by atoms with Gasteiger partial charge in [-0.15, -0.1) is 12.4 Å². The second kappa shape index (κ2) is 8.73. The van der Waals surface area contributed by atoms with E-state index in [-0.39, 0.29) is 24.2 Å². The maximum absolute atomic E-state index is 12.1. The van der Waals surface area contributed by atoms with Gasteiger partial charge in [-0.3, -0.25) is 14.5 Å². The van der Waals surface area contributed by atoms with Gasteiger partial charge < -0.3 is 16.0 Å². The SMILES string of the molecule is CC(=O)Nc1cccc(NC(=O)CN2CCNC[C@@H]2C)c1.Cl. The van der Waals surface area contributed by atoms with Gasteiger partial charge in [-0.2, -0.15) is 0 Å². The average Bonchev–Trinajstić information content (AvgIpc) is 2.41. The molecule has 0 spiro atoms. The van der Waals surface area contributed by atoms with Gasteiger partial charge in [-0.1, -0.05) is 6.07 Å². The molecule has 3 N–H and O–H groups in total. The molecule has 1 saturated heterocycles. The summed E-state index contributed by atoms with van der Waals surface area (Å²) in [5.41, 5.74) is 1.37. The monoisotopic (exact) mass is 326 g/mol. The van der Waals surface area contributed by atoms with Crippen molar-refractivity contribution < 1.29 is 9.59 Å². The summed E-state index contributed by atoms with van der Waals surface area (Å²) in [6.07, 6.45) is 0. The average molecular weight is 327 g/mol. The molecule has 1 aromatic rings. The lowest BCUT2D eigenvalue weighted by Gasteiger charge is -2.33. The van der Waals surface area contributed by atoms with Crippen molar-refractivity contribution in [3.63, 3.8) is 0 Å². The number of benzene rings is 1. The minimum absolute atomic E-state index is 0. The molecule has 2 rings (SSSR count). The summed E-state index contributed by atoms with van der Waals surface area (Å²) in [6.45, 7) is 6.64. The Bertz CT molecular complexity index is 524. The van der Waals surface area contributed by atoms with E-state index < -0.39 is 0 Å². The van der Waals surface area contributed by atoms with Gasteiger partial charge in [-0.25, -0.2) is 0 Å². The molecule has 1 fully saturated rings. The molecule has 122 valence electrons. The van der Waals surface area contributed by atoms with Crippen molar-refractivity contribution in [2.24, 2.45) is 0 Å². The number of carbonyl (C=O) groups is 2. The van der Waals surface area contributed by atoms with Crippen molar-refractivity contribution in [2.75, 3.05) is 36.8 Å². The van der Waals surface area contributed by atoms with E-state index in [1.807, 2.05) is 6.07 Å². The molecule has 2 amide bonds. The van der Waals surface area contributed by atoms with Crippen molar-refractivity contribution in [3.8, 4) is 0 Å². The Kier molecular flexibility index (Phi) is 7.31. The highest BCUT2D eigenvalue weighted by Crippen LogP contribution is 2.15. The van der Waals surface area contributed by atoms with E-state index in [9.17, 15) is 9.59 Å². The largest absolute Gasteiger partial charge is 0.326 e. The summed E-state index contributed by atoms with van der Waals surface area (Å²) in [4.78, 5) is 25.3. The minimum Gasteiger partial charge on any atom is -0.326 e. The Morgan fingerprint density at radius 1 is 1.32 bits per heavy atom. The highest BCUT2D eigenvalue weighted by molar-refractivity contribution is 5.94. The van der Waals surface area contributed by atoms with E-state index in [1.54, 1.807) is 18.2 Å². The maximum atomic E-state index is 12.1. The number of piperazine rings is 1. The zero-order valence-corrected chi connectivity index (χ0v) is 13.7. The predicted octanol–water partition coefficient (Wildman–Crippen LogP) is 1.30. The standard InChI is InChI=1S/C15H22N4O2.ClH/c1-11-9-16-6-7-19(11)10-15(21)18-14-5-3-4-13(8-14)17-12(2)20;/h3-5,8,11,16H,6-7,9-10H2,1-2H3,(H,17,20)(H,18,21);1H/t11-;/m0./s1. The Hall–Kier alpha value is -1.63. The van der Waals surface area contributed by atoms with Crippen molar-refractivity contribution in [2.45, 2.75) is 19.9 Å². The molecule has 0 aromatic heterocycles. The molecule has 0 aliphatic carbocycles. The summed E-state index contributed by atoms with van der Waals surface area (Å²) in [5.74, 6) is -0.170. The van der Waals surface area contributed by atoms with Crippen molar-refractivity contribution in [1.82, 2.24) is 10.2 Å². The first-order valence-electron chi connectivity index (χ1n) is 7.17. The molecule has 0 saturated carbocycles. The Balaban J connectivity index is 0.00000242. The zero-order chi connectivity index (χ0) is 15.2. The molecule has 7 heteroatoms. The van der Waals surface area contributed by atoms with Crippen molar-refractivity contribution in [3.05, 3.63) is 24.3 Å². The van der Waals surface area contributed by atoms with Gasteiger partial charge in [0.2, 0.25) is 11.8 Å². The van der Waals surface area contributed by atoms with Crippen LogP contribution < -0.4 is 16.0 Å². The molecule has 1 aromatic carbocycles. The lowest BCUT2D eigenvalue weighted by molar-refractivity contribution is -0.118. The second-order valence-electron chi connectivity index (χ2n) is 5.33. The molecule has 22 heavy (non-hydrogen) atoms. The number of anilines is 2. The second-order valence-corrected chi connectivity index (χ2v) is 5.33. The highest BCUT2D eigenvalue weighted by Gasteiger charge is 2.20. The number of nitrogens with zero attached hydrogens (tertiary/aromatic N) is 1. The lowest BCUT2D eigenvalue weighted by Crippen LogP contribution is -2.51. The van der Waals surface area contributed by atoms with E-state index in [1.165, 1.54) is 6.92 Å². The van der Waals surface area contributed by atoms with Crippen LogP contribution in [-0.2, 0) is 9.59 Å². The van der Waals surface area contributed by atoms with Crippen LogP contribution in [0, 0.1) is 0 Å². The van der Waals surface area contributed by atoms with Crippen LogP contribution >= 0.6 is 12.4 Å². The molecular weight excluding hydrogens is 304 g/mol. The van der Waals surface area contributed by atoms with Crippen LogP contribution in [0.4, 0.5) is 11.4 Å². The summed E-state index contributed by atoms with van der Waals surface area (Å²) in [6, 6.07) is 7.50. The Morgan fingerprint density at radius 3 is 2.64 bits per heavy atom. The van der Waals surface area contributed by atoms with E-state index in [0.29, 0.717) is 24.0 Å². The molecule has 1 heterocycles. The normalized spacial score (nSPS) is 18.2. The third kappa shape index (κ3) is 5.63. The third-order valence-electron chi connectivity index (χ3n) is 3.45. The Morgan fingerprint density at radius 2 is 2.00 bits per heavy atom. The Labute approximate surface area is 137 Å². The summed E-state index contributed by atoms with van der Waals surface area (Å²) in [7, 11) is 0. The summed E-state index contributed by atoms with van der Waals surface area (Å²) < 4.78 is 0. The number of carbonyl (C=O) groups excluding carboxylic acids is 2. The first-order valence-corrected chi connectivity index (χ1v) is 7.17. The van der Waals surface area contributed by atoms with E-state index in [2.05, 4.69) is 27.8 Å². The molecule has 1 aliphatic rings. The van der Waals surface area contributed by atoms with Crippen LogP contribution in [0.1, 0.15) is 13.8 Å². The highest BCUT2D eigenvalue weighted by atomic mass is 35.5. The first kappa shape index (κ1) is 18.4. The first-order chi connectivity index (χ1) is 10.0. The lowest BCUT2D eigenvalue weighted by atomic mass is 10.2. The van der Waals surface area contributed by atoms with E-state index in [4.69, 9.17) is 0 Å². The predicted molar refractivity (Wildman–Crippen MR) is 90.5 cm³/mol. The molecule has 0 bridgehead atoms. The molecular formula is C15H23ClN4O2. The number of hydrogen-bond donors (Lipinski definition) is 3. The third-order valence-corrected chi connectivity index (χ3v) is 3.45. The van der Waals surface area contributed by atoms with E-state index >= 15 is 0 Å². The number of rotatable bonds is 4. The van der Waals surface area contributed by atoms with Gasteiger partial charge in [0.05, 0.1) is 6.54 Å². The fraction of sp³-hybridized carbons (Fsp3) is 0.467. The van der Waals surface area contributed by atoms with Gasteiger partial charge in [-0.05, 0) is 25.1 Å². The van der Waals surface area contributed by atoms with Gasteiger partial charge in [0.25, 0.3) is 0 Å². The molecule has 1 aliphatic heterocycles. The van der Waals surface area contributed by atoms with Crippen LogP contribution in [0.3, 0.4) is 0 Å². The number of nitrogens with one attached hydrogen (secondary N) is 3. The minimum atomic E-state index is -0.131. The van der Waals surface area contributed by atoms with Crippen molar-refractivity contribution >= 4 is 35.6 Å². The number of halogens is 1. The quantitative estimate of drug-likeness (QED) is 0.780. The van der Waals surface area contributed by atoms with Gasteiger partial charge in [0.1, 0.15) is 0 Å². The molecule has 0 radical (unpaired) electrons. The topological polar surface area (TPSA) is 73.5 Å². The smallest absolute Gasteiger partial charge is 0.238 e. The summed E-state index contributed by atoms with van der Waals surface area (Å²) >= 11 is 0. The molecule has 1 atom stereocenters. The summed E-state index contributed by atoms with van der Waals surface area (Å²) in [5, 5.41) is 8.87. The number of hydrogen-bond acceptors (Lipinski definition) is 4. The van der Waals surface area contributed by atoms with Gasteiger partial charge in [0.15, 0.2) is 0 Å². The van der Waals surface area contributed by atoms with Crippen LogP contribution in [0.15, 0.2) is 24.3 Å². The zero-order valence-electron chi connectivity index (χ0n) is 12.9. The van der Waals surface area contributed by atoms with Crippen LogP contribution in [0.5, 0.6) is 0 Å². The van der Waals surface area contributed by atoms with Gasteiger partial charge in [0, 0.05) is 44.0 Å². The maximum Gasteiger partial charge on any atom is 0.238 e. The van der Waals surface area contributed by atoms with Crippen LogP contribution in [0.2, 0.25) is 0 Å². The fourth-order valence-electron chi connectivity index (χ4n) is 2.38. The van der Waals surface area contributed by atoms with Crippen LogP contribution in [-0.4, -0.2) is 48.9 Å². The number of amides is 2. The van der Waals surface area contributed by atoms with Gasteiger partial charge >= 0.3 is 0 Å². The molecule has 0 unspecified atom stereocenters. The fourth-order valence-corrected chi connectivity index (χ4v) is 2.38.